The third-order valence-electron chi connectivity index (χ3n) is 3.11. The van der Waals surface area contributed by atoms with Crippen LogP contribution in [0.25, 0.3) is 0 Å². The molecule has 21 heavy (non-hydrogen) atoms. The molecule has 0 radical (unpaired) electrons. The lowest BCUT2D eigenvalue weighted by Gasteiger charge is -2.16. The number of hydrogen-bond donors (Lipinski definition) is 2. The van der Waals surface area contributed by atoms with Gasteiger partial charge in [-0.25, -0.2) is 13.1 Å². The summed E-state index contributed by atoms with van der Waals surface area (Å²) in [4.78, 5) is 11.1. The van der Waals surface area contributed by atoms with Crippen LogP contribution in [-0.4, -0.2) is 25.5 Å². The van der Waals surface area contributed by atoms with Crippen LogP contribution in [0.3, 0.4) is 0 Å². The summed E-state index contributed by atoms with van der Waals surface area (Å²) in [6, 6.07) is 6.21. The number of benzene rings is 1. The topological polar surface area (TPSA) is 83.5 Å². The summed E-state index contributed by atoms with van der Waals surface area (Å²) >= 11 is 0. The fourth-order valence-electron chi connectivity index (χ4n) is 2.02. The average molecular weight is 313 g/mol. The Bertz CT molecular complexity index is 564. The van der Waals surface area contributed by atoms with Crippen LogP contribution in [0.4, 0.5) is 0 Å². The van der Waals surface area contributed by atoms with Gasteiger partial charge in [0.1, 0.15) is 6.04 Å². The maximum atomic E-state index is 12.1. The first-order chi connectivity index (χ1) is 9.73. The summed E-state index contributed by atoms with van der Waals surface area (Å²) in [6.07, 6.45) is 1.16. The van der Waals surface area contributed by atoms with Gasteiger partial charge in [-0.2, -0.15) is 0 Å². The second-order valence-corrected chi connectivity index (χ2v) is 7.32. The van der Waals surface area contributed by atoms with Crippen LogP contribution in [0.1, 0.15) is 38.3 Å². The number of aliphatic carboxylic acids is 1. The van der Waals surface area contributed by atoms with Gasteiger partial charge in [-0.3, -0.25) is 4.79 Å². The molecule has 1 aromatic rings. The summed E-state index contributed by atoms with van der Waals surface area (Å²) < 4.78 is 26.4. The van der Waals surface area contributed by atoms with Gasteiger partial charge in [0.25, 0.3) is 0 Å². The third kappa shape index (κ3) is 6.27. The van der Waals surface area contributed by atoms with Gasteiger partial charge in [-0.05, 0) is 29.9 Å². The highest BCUT2D eigenvalue weighted by Gasteiger charge is 2.24. The van der Waals surface area contributed by atoms with Gasteiger partial charge in [-0.15, -0.1) is 0 Å². The molecule has 0 aliphatic rings. The predicted molar refractivity (Wildman–Crippen MR) is 82.5 cm³/mol. The van der Waals surface area contributed by atoms with Gasteiger partial charge in [0, 0.05) is 0 Å². The summed E-state index contributed by atoms with van der Waals surface area (Å²) in [5.74, 6) is -1.26. The van der Waals surface area contributed by atoms with Crippen LogP contribution in [0, 0.1) is 5.92 Å². The highest BCUT2D eigenvalue weighted by atomic mass is 32.2. The molecule has 5 nitrogen and oxygen atoms in total. The minimum absolute atomic E-state index is 0.0950. The SMILES string of the molecule is CCc1ccc(CS(=O)(=O)NC(CC(C)C)C(=O)O)cc1. The van der Waals surface area contributed by atoms with Crippen LogP contribution in [-0.2, 0) is 27.0 Å². The van der Waals surface area contributed by atoms with Crippen LogP contribution in [0.15, 0.2) is 24.3 Å². The molecule has 0 bridgehead atoms. The van der Waals surface area contributed by atoms with E-state index >= 15 is 0 Å². The van der Waals surface area contributed by atoms with Crippen molar-refractivity contribution in [3.05, 3.63) is 35.4 Å². The molecule has 0 amide bonds. The van der Waals surface area contributed by atoms with Gasteiger partial charge in [0.15, 0.2) is 0 Å². The zero-order valence-corrected chi connectivity index (χ0v) is 13.5. The lowest BCUT2D eigenvalue weighted by Crippen LogP contribution is -2.42. The number of hydrogen-bond acceptors (Lipinski definition) is 3. The van der Waals surface area contributed by atoms with Crippen LogP contribution < -0.4 is 4.72 Å². The van der Waals surface area contributed by atoms with E-state index in [9.17, 15) is 13.2 Å². The van der Waals surface area contributed by atoms with Crippen LogP contribution >= 0.6 is 0 Å². The number of rotatable bonds is 8. The molecule has 0 aromatic heterocycles. The highest BCUT2D eigenvalue weighted by molar-refractivity contribution is 7.88. The van der Waals surface area contributed by atoms with E-state index in [-0.39, 0.29) is 18.1 Å². The van der Waals surface area contributed by atoms with Crippen molar-refractivity contribution in [2.45, 2.75) is 45.4 Å². The molecule has 0 aliphatic carbocycles. The van der Waals surface area contributed by atoms with Crippen molar-refractivity contribution in [1.82, 2.24) is 4.72 Å². The number of carboxylic acids is 1. The van der Waals surface area contributed by atoms with Crippen molar-refractivity contribution in [2.75, 3.05) is 0 Å². The zero-order valence-electron chi connectivity index (χ0n) is 12.7. The molecule has 0 saturated carbocycles. The molecule has 0 aliphatic heterocycles. The van der Waals surface area contributed by atoms with Crippen LogP contribution in [0.5, 0.6) is 0 Å². The summed E-state index contributed by atoms with van der Waals surface area (Å²) in [6.45, 7) is 5.73. The van der Waals surface area contributed by atoms with Gasteiger partial charge in [0.2, 0.25) is 10.0 Å². The molecule has 0 spiro atoms. The Morgan fingerprint density at radius 2 is 1.71 bits per heavy atom. The Morgan fingerprint density at radius 1 is 1.19 bits per heavy atom. The van der Waals surface area contributed by atoms with E-state index in [0.717, 1.165) is 12.0 Å². The van der Waals surface area contributed by atoms with Gasteiger partial charge >= 0.3 is 5.97 Å². The van der Waals surface area contributed by atoms with E-state index in [0.29, 0.717) is 5.56 Å². The molecule has 0 saturated heterocycles. The minimum atomic E-state index is -3.67. The average Bonchev–Trinajstić information content (AvgIpc) is 2.37. The Labute approximate surface area is 126 Å². The quantitative estimate of drug-likeness (QED) is 0.770. The maximum Gasteiger partial charge on any atom is 0.321 e. The molecule has 1 unspecified atom stereocenters. The van der Waals surface area contributed by atoms with Crippen molar-refractivity contribution in [3.63, 3.8) is 0 Å². The first-order valence-electron chi connectivity index (χ1n) is 7.04. The molecule has 0 fully saturated rings. The van der Waals surface area contributed by atoms with Crippen molar-refractivity contribution in [1.29, 1.82) is 0 Å². The molecule has 6 heteroatoms. The molecule has 2 N–H and O–H groups in total. The summed E-state index contributed by atoms with van der Waals surface area (Å²) in [7, 11) is -3.67. The fraction of sp³-hybridized carbons (Fsp3) is 0.533. The second-order valence-electron chi connectivity index (χ2n) is 5.57. The van der Waals surface area contributed by atoms with Crippen molar-refractivity contribution < 1.29 is 18.3 Å². The number of aryl methyl sites for hydroxylation is 1. The third-order valence-corrected chi connectivity index (χ3v) is 4.47. The van der Waals surface area contributed by atoms with E-state index in [1.807, 2.05) is 32.9 Å². The minimum Gasteiger partial charge on any atom is -0.480 e. The second kappa shape index (κ2) is 7.56. The molecule has 118 valence electrons. The molecule has 1 aromatic carbocycles. The van der Waals surface area contributed by atoms with E-state index in [1.165, 1.54) is 0 Å². The number of sulfonamides is 1. The lowest BCUT2D eigenvalue weighted by atomic mass is 10.1. The van der Waals surface area contributed by atoms with Crippen LogP contribution in [0.2, 0.25) is 0 Å². The number of nitrogens with one attached hydrogen (secondary N) is 1. The van der Waals surface area contributed by atoms with Gasteiger partial charge in [0.05, 0.1) is 5.75 Å². The Balaban J connectivity index is 2.77. The Kier molecular flexibility index (Phi) is 6.36. The van der Waals surface area contributed by atoms with E-state index in [1.54, 1.807) is 12.1 Å². The largest absolute Gasteiger partial charge is 0.480 e. The molecule has 0 heterocycles. The van der Waals surface area contributed by atoms with Crippen molar-refractivity contribution in [3.8, 4) is 0 Å². The Morgan fingerprint density at radius 3 is 2.14 bits per heavy atom. The molecule has 1 rings (SSSR count). The van der Waals surface area contributed by atoms with E-state index in [2.05, 4.69) is 4.72 Å². The van der Waals surface area contributed by atoms with Gasteiger partial charge in [-0.1, -0.05) is 45.0 Å². The Hall–Kier alpha value is -1.40. The predicted octanol–water partition coefficient (Wildman–Crippen LogP) is 2.17. The normalized spacial score (nSPS) is 13.3. The molecular weight excluding hydrogens is 290 g/mol. The monoisotopic (exact) mass is 313 g/mol. The summed E-state index contributed by atoms with van der Waals surface area (Å²) in [5, 5.41) is 9.09. The molecule has 1 atom stereocenters. The number of carboxylic acid groups (broad SMARTS) is 1. The highest BCUT2D eigenvalue weighted by Crippen LogP contribution is 2.11. The maximum absolute atomic E-state index is 12.1. The van der Waals surface area contributed by atoms with Gasteiger partial charge < -0.3 is 5.11 Å². The fourth-order valence-corrected chi connectivity index (χ4v) is 3.36. The first-order valence-corrected chi connectivity index (χ1v) is 8.69. The van der Waals surface area contributed by atoms with E-state index < -0.39 is 22.0 Å². The molecular formula is C15H23NO4S. The van der Waals surface area contributed by atoms with Crippen molar-refractivity contribution in [2.24, 2.45) is 5.92 Å². The first kappa shape index (κ1) is 17.7. The lowest BCUT2D eigenvalue weighted by molar-refractivity contribution is -0.139. The summed E-state index contributed by atoms with van der Waals surface area (Å²) in [5.41, 5.74) is 1.78. The number of carbonyl (C=O) groups is 1. The van der Waals surface area contributed by atoms with Crippen molar-refractivity contribution >= 4 is 16.0 Å². The van der Waals surface area contributed by atoms with E-state index in [4.69, 9.17) is 5.11 Å². The standard InChI is InChI=1S/C15H23NO4S/c1-4-12-5-7-13(8-6-12)10-21(19,20)16-14(15(17)18)9-11(2)3/h5-8,11,14,16H,4,9-10H2,1-3H3,(H,17,18). The zero-order chi connectivity index (χ0) is 16.0. The smallest absolute Gasteiger partial charge is 0.321 e.